The van der Waals surface area contributed by atoms with Crippen LogP contribution in [0.1, 0.15) is 47.9 Å². The first-order valence-corrected chi connectivity index (χ1v) is 18.0. The molecule has 0 heterocycles. The summed E-state index contributed by atoms with van der Waals surface area (Å²) in [5, 5.41) is 0. The van der Waals surface area contributed by atoms with Crippen molar-refractivity contribution in [3.63, 3.8) is 0 Å². The fourth-order valence-corrected chi connectivity index (χ4v) is 5.01. The van der Waals surface area contributed by atoms with Crippen LogP contribution in [0.15, 0.2) is 109 Å². The van der Waals surface area contributed by atoms with Gasteiger partial charge in [0.05, 0.1) is 0 Å². The van der Waals surface area contributed by atoms with Crippen LogP contribution in [0.4, 0.5) is 0 Å². The number of rotatable bonds is 2. The molecule has 0 fully saturated rings. The van der Waals surface area contributed by atoms with E-state index in [-0.39, 0.29) is 0 Å². The Balaban J connectivity index is 0.000000149. The van der Waals surface area contributed by atoms with E-state index in [0.29, 0.717) is 11.8 Å². The summed E-state index contributed by atoms with van der Waals surface area (Å²) in [6.07, 6.45) is 8.75. The summed E-state index contributed by atoms with van der Waals surface area (Å²) < 4.78 is 0. The molecule has 2 unspecified atom stereocenters. The summed E-state index contributed by atoms with van der Waals surface area (Å²) in [4.78, 5) is 0. The first-order valence-electron chi connectivity index (χ1n) is 11.7. The minimum atomic E-state index is -0.826. The molecular weight excluding hydrogens is 546 g/mol. The Morgan fingerprint density at radius 1 is 0.600 bits per heavy atom. The van der Waals surface area contributed by atoms with Gasteiger partial charge in [-0.15, -0.1) is 22.3 Å². The Morgan fingerprint density at radius 3 is 1.37 bits per heavy atom. The second-order valence-electron chi connectivity index (χ2n) is 8.25. The third-order valence-corrected chi connectivity index (χ3v) is 6.34. The number of benzene rings is 4. The van der Waals surface area contributed by atoms with Gasteiger partial charge in [0.1, 0.15) is 0 Å². The van der Waals surface area contributed by atoms with Crippen molar-refractivity contribution >= 4 is 17.0 Å². The van der Waals surface area contributed by atoms with E-state index in [1.807, 2.05) is 12.1 Å². The van der Waals surface area contributed by atoms with E-state index >= 15 is 0 Å². The molecule has 172 valence electrons. The average molecular weight is 573 g/mol. The van der Waals surface area contributed by atoms with Crippen molar-refractivity contribution in [3.05, 3.63) is 144 Å². The summed E-state index contributed by atoms with van der Waals surface area (Å²) in [6.45, 7) is 4.15. The normalized spacial score (nSPS) is 16.2. The predicted molar refractivity (Wildman–Crippen MR) is 146 cm³/mol. The predicted octanol–water partition coefficient (Wildman–Crippen LogP) is 9.73. The third kappa shape index (κ3) is 5.49. The monoisotopic (exact) mass is 570 g/mol. The van der Waals surface area contributed by atoms with Gasteiger partial charge in [-0.1, -0.05) is 84.0 Å². The molecule has 3 heteroatoms. The van der Waals surface area contributed by atoms with Crippen molar-refractivity contribution in [1.29, 1.82) is 0 Å². The molecule has 0 aromatic heterocycles. The molecule has 6 rings (SSSR count). The van der Waals surface area contributed by atoms with Gasteiger partial charge in [-0.3, -0.25) is 0 Å². The molecule has 0 nitrogen and oxygen atoms in total. The van der Waals surface area contributed by atoms with Crippen LogP contribution in [-0.4, -0.2) is 0 Å². The average Bonchev–Trinajstić information content (AvgIpc) is 3.39. The van der Waals surface area contributed by atoms with E-state index in [4.69, 9.17) is 17.0 Å². The Kier molecular flexibility index (Phi) is 9.39. The van der Waals surface area contributed by atoms with Crippen molar-refractivity contribution in [2.24, 2.45) is 0 Å². The zero-order chi connectivity index (χ0) is 24.6. The number of hydrogen-bond acceptors (Lipinski definition) is 0. The van der Waals surface area contributed by atoms with Gasteiger partial charge in [0, 0.05) is 11.8 Å². The van der Waals surface area contributed by atoms with E-state index in [1.165, 1.54) is 44.5 Å². The molecule has 2 atom stereocenters. The van der Waals surface area contributed by atoms with Gasteiger partial charge < -0.3 is 0 Å². The summed E-state index contributed by atoms with van der Waals surface area (Å²) in [7, 11) is 9.87. The molecule has 2 aliphatic carbocycles. The fraction of sp³-hybridized carbons (Fsp3) is 0.125. The summed E-state index contributed by atoms with van der Waals surface area (Å²) >= 11 is -0.826. The van der Waals surface area contributed by atoms with Crippen LogP contribution < -0.4 is 0 Å². The third-order valence-electron chi connectivity index (χ3n) is 6.34. The van der Waals surface area contributed by atoms with Gasteiger partial charge in [-0.05, 0) is 25.0 Å². The summed E-state index contributed by atoms with van der Waals surface area (Å²) in [5.74, 6) is 0.773. The van der Waals surface area contributed by atoms with Crippen LogP contribution in [0.25, 0.3) is 22.3 Å². The van der Waals surface area contributed by atoms with E-state index in [2.05, 4.69) is 123 Å². The molecule has 0 radical (unpaired) electrons. The number of fused-ring (bicyclic) bond motifs is 6. The first kappa shape index (κ1) is 25.9. The molecule has 0 bridgehead atoms. The van der Waals surface area contributed by atoms with Crippen molar-refractivity contribution in [2.45, 2.75) is 25.7 Å². The first-order chi connectivity index (χ1) is 17.2. The minimum absolute atomic E-state index is 0.386. The molecule has 35 heavy (non-hydrogen) atoms. The molecular formula is C32H26Cl2Zr. The van der Waals surface area contributed by atoms with Crippen LogP contribution in [-0.2, 0) is 20.8 Å². The SMILES string of the molecule is CC=CC1c2[c-]cccc2-c2ccccc21.CC=CC1c2[c-]cccc2-c2ccccc21.[Cl][Zr+2][Cl]. The second kappa shape index (κ2) is 12.7. The van der Waals surface area contributed by atoms with Crippen molar-refractivity contribution in [3.8, 4) is 22.3 Å². The topological polar surface area (TPSA) is 0 Å². The summed E-state index contributed by atoms with van der Waals surface area (Å²) in [6, 6.07) is 36.5. The molecule has 2 aliphatic rings. The molecule has 4 aromatic carbocycles. The Morgan fingerprint density at radius 2 is 0.971 bits per heavy atom. The second-order valence-corrected chi connectivity index (χ2v) is 12.0. The van der Waals surface area contributed by atoms with E-state index in [1.54, 1.807) is 0 Å². The molecule has 0 N–H and O–H groups in total. The molecule has 0 spiro atoms. The van der Waals surface area contributed by atoms with Crippen LogP contribution >= 0.6 is 17.0 Å². The maximum atomic E-state index is 4.93. The van der Waals surface area contributed by atoms with Crippen molar-refractivity contribution in [1.82, 2.24) is 0 Å². The van der Waals surface area contributed by atoms with Crippen LogP contribution in [0.2, 0.25) is 0 Å². The fourth-order valence-electron chi connectivity index (χ4n) is 5.01. The van der Waals surface area contributed by atoms with Gasteiger partial charge in [0.25, 0.3) is 0 Å². The standard InChI is InChI=1S/2C16H13.2ClH.Zr/c2*1-2-7-12-13-8-3-5-10-15(13)16-11-6-4-9-14(12)16;;;/h2*2-8,10-12H,1H3;2*1H;/q2*-1;;;+4/p-2. The van der Waals surface area contributed by atoms with Crippen LogP contribution in [0.5, 0.6) is 0 Å². The van der Waals surface area contributed by atoms with Crippen molar-refractivity contribution in [2.75, 3.05) is 0 Å². The van der Waals surface area contributed by atoms with E-state index in [0.717, 1.165) is 0 Å². The molecule has 0 aliphatic heterocycles. The zero-order valence-electron chi connectivity index (χ0n) is 19.8. The van der Waals surface area contributed by atoms with E-state index in [9.17, 15) is 0 Å². The Labute approximate surface area is 228 Å². The van der Waals surface area contributed by atoms with Gasteiger partial charge in [0.15, 0.2) is 0 Å². The van der Waals surface area contributed by atoms with Crippen LogP contribution in [0, 0.1) is 12.1 Å². The zero-order valence-corrected chi connectivity index (χ0v) is 23.8. The molecule has 0 saturated carbocycles. The van der Waals surface area contributed by atoms with Gasteiger partial charge in [-0.2, -0.15) is 48.5 Å². The van der Waals surface area contributed by atoms with Gasteiger partial charge in [-0.25, -0.2) is 0 Å². The Bertz CT molecular complexity index is 1140. The van der Waals surface area contributed by atoms with Crippen LogP contribution in [0.3, 0.4) is 0 Å². The molecule has 0 amide bonds. The van der Waals surface area contributed by atoms with Gasteiger partial charge >= 0.3 is 37.9 Å². The number of hydrogen-bond donors (Lipinski definition) is 0. The maximum absolute atomic E-state index is 4.93. The number of allylic oxidation sites excluding steroid dienone is 4. The van der Waals surface area contributed by atoms with Crippen molar-refractivity contribution < 1.29 is 20.8 Å². The molecule has 0 saturated heterocycles. The van der Waals surface area contributed by atoms with E-state index < -0.39 is 20.8 Å². The Hall–Kier alpha value is -2.18. The quantitative estimate of drug-likeness (QED) is 0.166. The number of halogens is 2. The van der Waals surface area contributed by atoms with Gasteiger partial charge in [0.2, 0.25) is 0 Å². The summed E-state index contributed by atoms with van der Waals surface area (Å²) in [5.41, 5.74) is 10.8. The molecule has 4 aromatic rings.